The van der Waals surface area contributed by atoms with E-state index < -0.39 is 0 Å². The number of para-hydroxylation sites is 1. The Balaban J connectivity index is 1.85. The summed E-state index contributed by atoms with van der Waals surface area (Å²) < 4.78 is 3.47. The standard InChI is InChI=1S/C17H16N4O/c1-13-16(11-19-21(13)15-6-4-3-5-7-15)17(22)9-8-14-10-18-20(2)12-14/h3-12H,1-2H3/b9-8-. The molecule has 0 aliphatic heterocycles. The number of aryl methyl sites for hydroxylation is 1. The second-order valence-electron chi connectivity index (χ2n) is 5.04. The van der Waals surface area contributed by atoms with Gasteiger partial charge in [-0.1, -0.05) is 18.2 Å². The van der Waals surface area contributed by atoms with E-state index in [2.05, 4.69) is 10.2 Å². The predicted octanol–water partition coefficient (Wildman–Crippen LogP) is 2.81. The van der Waals surface area contributed by atoms with Crippen molar-refractivity contribution < 1.29 is 4.79 Å². The zero-order chi connectivity index (χ0) is 15.5. The molecule has 22 heavy (non-hydrogen) atoms. The van der Waals surface area contributed by atoms with Crippen LogP contribution in [-0.4, -0.2) is 25.3 Å². The van der Waals surface area contributed by atoms with Crippen LogP contribution in [0.3, 0.4) is 0 Å². The van der Waals surface area contributed by atoms with Crippen LogP contribution in [0.1, 0.15) is 21.6 Å². The van der Waals surface area contributed by atoms with Crippen LogP contribution in [0.5, 0.6) is 0 Å². The summed E-state index contributed by atoms with van der Waals surface area (Å²) in [4.78, 5) is 12.3. The van der Waals surface area contributed by atoms with Gasteiger partial charge < -0.3 is 0 Å². The lowest BCUT2D eigenvalue weighted by Gasteiger charge is -2.03. The van der Waals surface area contributed by atoms with Gasteiger partial charge in [-0.3, -0.25) is 9.48 Å². The average Bonchev–Trinajstić information content (AvgIpc) is 3.12. The van der Waals surface area contributed by atoms with Crippen LogP contribution in [0.25, 0.3) is 11.8 Å². The van der Waals surface area contributed by atoms with Gasteiger partial charge in [0.05, 0.1) is 29.3 Å². The van der Waals surface area contributed by atoms with E-state index in [1.165, 1.54) is 0 Å². The van der Waals surface area contributed by atoms with E-state index in [4.69, 9.17) is 0 Å². The molecule has 0 aliphatic carbocycles. The normalized spacial score (nSPS) is 11.2. The Morgan fingerprint density at radius 2 is 1.91 bits per heavy atom. The number of nitrogens with zero attached hydrogens (tertiary/aromatic N) is 4. The average molecular weight is 292 g/mol. The maximum absolute atomic E-state index is 12.3. The molecule has 0 bridgehead atoms. The van der Waals surface area contributed by atoms with Crippen molar-refractivity contribution in [3.8, 4) is 5.69 Å². The van der Waals surface area contributed by atoms with Crippen molar-refractivity contribution in [1.29, 1.82) is 0 Å². The maximum Gasteiger partial charge on any atom is 0.189 e. The van der Waals surface area contributed by atoms with Crippen molar-refractivity contribution in [2.45, 2.75) is 6.92 Å². The van der Waals surface area contributed by atoms with E-state index in [0.717, 1.165) is 16.9 Å². The predicted molar refractivity (Wildman–Crippen MR) is 84.9 cm³/mol. The van der Waals surface area contributed by atoms with E-state index in [-0.39, 0.29) is 5.78 Å². The number of rotatable bonds is 4. The van der Waals surface area contributed by atoms with Crippen molar-refractivity contribution in [3.05, 3.63) is 71.8 Å². The highest BCUT2D eigenvalue weighted by Gasteiger charge is 2.12. The fourth-order valence-corrected chi connectivity index (χ4v) is 2.27. The first-order valence-corrected chi connectivity index (χ1v) is 6.96. The molecule has 2 aromatic heterocycles. The molecular weight excluding hydrogens is 276 g/mol. The summed E-state index contributed by atoms with van der Waals surface area (Å²) >= 11 is 0. The number of hydrogen-bond acceptors (Lipinski definition) is 3. The molecule has 2 heterocycles. The molecular formula is C17H16N4O. The van der Waals surface area contributed by atoms with E-state index in [9.17, 15) is 4.79 Å². The highest BCUT2D eigenvalue weighted by molar-refractivity contribution is 6.07. The van der Waals surface area contributed by atoms with Gasteiger partial charge in [0.1, 0.15) is 0 Å². The van der Waals surface area contributed by atoms with Crippen LogP contribution in [0, 0.1) is 6.92 Å². The molecule has 0 saturated heterocycles. The van der Waals surface area contributed by atoms with Crippen molar-refractivity contribution in [1.82, 2.24) is 19.6 Å². The second-order valence-corrected chi connectivity index (χ2v) is 5.04. The van der Waals surface area contributed by atoms with Gasteiger partial charge in [0.2, 0.25) is 0 Å². The minimum atomic E-state index is -0.0662. The first-order valence-electron chi connectivity index (χ1n) is 6.96. The molecule has 1 aromatic carbocycles. The van der Waals surface area contributed by atoms with Crippen molar-refractivity contribution in [2.75, 3.05) is 0 Å². The van der Waals surface area contributed by atoms with Crippen LogP contribution in [0.2, 0.25) is 0 Å². The molecule has 0 saturated carbocycles. The Kier molecular flexibility index (Phi) is 3.70. The summed E-state index contributed by atoms with van der Waals surface area (Å²) in [7, 11) is 1.84. The molecule has 0 amide bonds. The number of carbonyl (C=O) groups excluding carboxylic acids is 1. The monoisotopic (exact) mass is 292 g/mol. The van der Waals surface area contributed by atoms with Gasteiger partial charge in [-0.15, -0.1) is 0 Å². The highest BCUT2D eigenvalue weighted by atomic mass is 16.1. The van der Waals surface area contributed by atoms with Crippen LogP contribution < -0.4 is 0 Å². The zero-order valence-corrected chi connectivity index (χ0v) is 12.5. The highest BCUT2D eigenvalue weighted by Crippen LogP contribution is 2.15. The summed E-state index contributed by atoms with van der Waals surface area (Å²) in [6.45, 7) is 1.89. The molecule has 0 fully saturated rings. The third-order valence-electron chi connectivity index (χ3n) is 3.43. The number of allylic oxidation sites excluding steroid dienone is 1. The van der Waals surface area contributed by atoms with E-state index in [1.54, 1.807) is 33.9 Å². The van der Waals surface area contributed by atoms with Gasteiger partial charge in [-0.2, -0.15) is 10.2 Å². The molecule has 0 radical (unpaired) electrons. The Morgan fingerprint density at radius 1 is 1.14 bits per heavy atom. The lowest BCUT2D eigenvalue weighted by Crippen LogP contribution is -2.01. The van der Waals surface area contributed by atoms with Crippen molar-refractivity contribution in [3.63, 3.8) is 0 Å². The molecule has 3 rings (SSSR count). The van der Waals surface area contributed by atoms with Gasteiger partial charge in [-0.25, -0.2) is 4.68 Å². The van der Waals surface area contributed by atoms with Gasteiger partial charge in [0.25, 0.3) is 0 Å². The Hall–Kier alpha value is -2.95. The molecule has 0 spiro atoms. The summed E-state index contributed by atoms with van der Waals surface area (Å²) in [6, 6.07) is 9.75. The summed E-state index contributed by atoms with van der Waals surface area (Å²) in [5, 5.41) is 8.38. The summed E-state index contributed by atoms with van der Waals surface area (Å²) in [6.07, 6.45) is 8.48. The zero-order valence-electron chi connectivity index (χ0n) is 12.5. The fraction of sp³-hybridized carbons (Fsp3) is 0.118. The number of carbonyl (C=O) groups is 1. The molecule has 5 heteroatoms. The number of benzene rings is 1. The Labute approximate surface area is 128 Å². The Bertz CT molecular complexity index is 827. The molecule has 5 nitrogen and oxygen atoms in total. The summed E-state index contributed by atoms with van der Waals surface area (Å²) in [5.41, 5.74) is 3.26. The van der Waals surface area contributed by atoms with E-state index in [1.807, 2.05) is 50.5 Å². The minimum absolute atomic E-state index is 0.0662. The first kappa shape index (κ1) is 14.0. The fourth-order valence-electron chi connectivity index (χ4n) is 2.27. The van der Waals surface area contributed by atoms with Crippen molar-refractivity contribution in [2.24, 2.45) is 7.05 Å². The molecule has 0 unspecified atom stereocenters. The van der Waals surface area contributed by atoms with E-state index in [0.29, 0.717) is 5.56 Å². The van der Waals surface area contributed by atoms with Crippen LogP contribution in [-0.2, 0) is 7.05 Å². The number of ketones is 1. The molecule has 110 valence electrons. The van der Waals surface area contributed by atoms with Crippen LogP contribution in [0.4, 0.5) is 0 Å². The van der Waals surface area contributed by atoms with Gasteiger partial charge >= 0.3 is 0 Å². The number of aromatic nitrogens is 4. The first-order chi connectivity index (χ1) is 10.6. The smallest absolute Gasteiger partial charge is 0.189 e. The quantitative estimate of drug-likeness (QED) is 0.549. The number of hydrogen-bond donors (Lipinski definition) is 0. The second kappa shape index (κ2) is 5.81. The third-order valence-corrected chi connectivity index (χ3v) is 3.43. The van der Waals surface area contributed by atoms with E-state index >= 15 is 0 Å². The van der Waals surface area contributed by atoms with Crippen molar-refractivity contribution >= 4 is 11.9 Å². The van der Waals surface area contributed by atoms with Gasteiger partial charge in [-0.05, 0) is 31.2 Å². The molecule has 0 aliphatic rings. The maximum atomic E-state index is 12.3. The molecule has 3 aromatic rings. The minimum Gasteiger partial charge on any atom is -0.289 e. The Morgan fingerprint density at radius 3 is 2.59 bits per heavy atom. The van der Waals surface area contributed by atoms with Gasteiger partial charge in [0.15, 0.2) is 5.78 Å². The lowest BCUT2D eigenvalue weighted by atomic mass is 10.1. The third kappa shape index (κ3) is 2.74. The largest absolute Gasteiger partial charge is 0.289 e. The van der Waals surface area contributed by atoms with Crippen LogP contribution >= 0.6 is 0 Å². The topological polar surface area (TPSA) is 52.7 Å². The van der Waals surface area contributed by atoms with Crippen LogP contribution in [0.15, 0.2) is 55.0 Å². The summed E-state index contributed by atoms with van der Waals surface area (Å²) in [5.74, 6) is -0.0662. The SMILES string of the molecule is Cc1c(C(=O)/C=C\c2cnn(C)c2)cnn1-c1ccccc1. The lowest BCUT2D eigenvalue weighted by molar-refractivity contribution is 0.104. The molecule has 0 atom stereocenters. The molecule has 0 N–H and O–H groups in total. The van der Waals surface area contributed by atoms with Gasteiger partial charge in [0, 0.05) is 18.8 Å².